The molecule has 0 aliphatic heterocycles. The fraction of sp³-hybridized carbons (Fsp3) is 0.133. The standard InChI is InChI=1S/C15H13N3OS/c19-14(7-6-12-9-20-10-17-12)18-13-5-1-3-11-4-2-8-16-15(11)13/h1-5,8-10H,6-7H2,(H,18,19). The van der Waals surface area contributed by atoms with Crippen LogP contribution in [-0.4, -0.2) is 15.9 Å². The van der Waals surface area contributed by atoms with Gasteiger partial charge in [0.1, 0.15) is 0 Å². The molecular formula is C15H13N3OS. The number of thiazole rings is 1. The van der Waals surface area contributed by atoms with Gasteiger partial charge in [0.15, 0.2) is 0 Å². The number of nitrogens with one attached hydrogen (secondary N) is 1. The number of carbonyl (C=O) groups excluding carboxylic acids is 1. The Morgan fingerprint density at radius 1 is 1.20 bits per heavy atom. The molecule has 4 nitrogen and oxygen atoms in total. The van der Waals surface area contributed by atoms with Crippen LogP contribution < -0.4 is 5.32 Å². The van der Waals surface area contributed by atoms with E-state index < -0.39 is 0 Å². The maximum absolute atomic E-state index is 12.0. The molecule has 1 aromatic carbocycles. The van der Waals surface area contributed by atoms with Crippen molar-refractivity contribution in [3.05, 3.63) is 53.1 Å². The lowest BCUT2D eigenvalue weighted by Gasteiger charge is -2.07. The molecule has 2 heterocycles. The van der Waals surface area contributed by atoms with Crippen LogP contribution in [0.25, 0.3) is 10.9 Å². The highest BCUT2D eigenvalue weighted by Gasteiger charge is 2.07. The van der Waals surface area contributed by atoms with Gasteiger partial charge in [-0.1, -0.05) is 18.2 Å². The van der Waals surface area contributed by atoms with Crippen molar-refractivity contribution < 1.29 is 4.79 Å². The number of carbonyl (C=O) groups is 1. The summed E-state index contributed by atoms with van der Waals surface area (Å²) in [6.07, 6.45) is 2.81. The molecule has 1 amide bonds. The van der Waals surface area contributed by atoms with Crippen LogP contribution in [0.4, 0.5) is 5.69 Å². The number of amides is 1. The molecule has 2 aromatic heterocycles. The molecule has 20 heavy (non-hydrogen) atoms. The molecule has 0 radical (unpaired) electrons. The molecule has 0 saturated carbocycles. The molecule has 0 saturated heterocycles. The lowest BCUT2D eigenvalue weighted by Crippen LogP contribution is -2.12. The minimum Gasteiger partial charge on any atom is -0.324 e. The predicted octanol–water partition coefficient (Wildman–Crippen LogP) is 3.26. The second-order valence-electron chi connectivity index (χ2n) is 4.41. The van der Waals surface area contributed by atoms with E-state index in [0.717, 1.165) is 22.3 Å². The molecule has 0 unspecified atom stereocenters. The number of aromatic nitrogens is 2. The van der Waals surface area contributed by atoms with Crippen LogP contribution in [0.1, 0.15) is 12.1 Å². The topological polar surface area (TPSA) is 54.9 Å². The van der Waals surface area contributed by atoms with E-state index >= 15 is 0 Å². The van der Waals surface area contributed by atoms with Gasteiger partial charge in [-0.05, 0) is 18.6 Å². The Labute approximate surface area is 120 Å². The average molecular weight is 283 g/mol. The molecule has 0 atom stereocenters. The van der Waals surface area contributed by atoms with E-state index in [-0.39, 0.29) is 5.91 Å². The maximum Gasteiger partial charge on any atom is 0.224 e. The van der Waals surface area contributed by atoms with E-state index in [2.05, 4.69) is 15.3 Å². The Morgan fingerprint density at radius 2 is 2.10 bits per heavy atom. The zero-order chi connectivity index (χ0) is 13.8. The lowest BCUT2D eigenvalue weighted by molar-refractivity contribution is -0.116. The Hall–Kier alpha value is -2.27. The lowest BCUT2D eigenvalue weighted by atomic mass is 10.2. The Morgan fingerprint density at radius 3 is 2.95 bits per heavy atom. The third-order valence-corrected chi connectivity index (χ3v) is 3.63. The summed E-state index contributed by atoms with van der Waals surface area (Å²) in [5, 5.41) is 5.90. The molecule has 3 rings (SSSR count). The fourth-order valence-electron chi connectivity index (χ4n) is 2.02. The molecule has 5 heteroatoms. The van der Waals surface area contributed by atoms with Crippen molar-refractivity contribution in [1.29, 1.82) is 0 Å². The first kappa shape index (κ1) is 12.7. The highest BCUT2D eigenvalue weighted by Crippen LogP contribution is 2.20. The van der Waals surface area contributed by atoms with Crippen molar-refractivity contribution in [2.45, 2.75) is 12.8 Å². The number of hydrogen-bond acceptors (Lipinski definition) is 4. The maximum atomic E-state index is 12.0. The van der Waals surface area contributed by atoms with Crippen LogP contribution in [0.3, 0.4) is 0 Å². The minimum absolute atomic E-state index is 0.0175. The van der Waals surface area contributed by atoms with E-state index in [4.69, 9.17) is 0 Å². The summed E-state index contributed by atoms with van der Waals surface area (Å²) in [5.74, 6) is -0.0175. The quantitative estimate of drug-likeness (QED) is 0.799. The number of nitrogens with zero attached hydrogens (tertiary/aromatic N) is 2. The van der Waals surface area contributed by atoms with E-state index in [9.17, 15) is 4.79 Å². The average Bonchev–Trinajstić information content (AvgIpc) is 2.99. The van der Waals surface area contributed by atoms with Gasteiger partial charge in [-0.2, -0.15) is 0 Å². The van der Waals surface area contributed by atoms with Crippen LogP contribution in [0, 0.1) is 0 Å². The van der Waals surface area contributed by atoms with Crippen LogP contribution in [0.15, 0.2) is 47.4 Å². The number of rotatable bonds is 4. The zero-order valence-electron chi connectivity index (χ0n) is 10.7. The number of pyridine rings is 1. The van der Waals surface area contributed by atoms with E-state index in [0.29, 0.717) is 12.8 Å². The van der Waals surface area contributed by atoms with Crippen LogP contribution >= 0.6 is 11.3 Å². The first-order valence-electron chi connectivity index (χ1n) is 6.33. The molecule has 100 valence electrons. The highest BCUT2D eigenvalue weighted by atomic mass is 32.1. The van der Waals surface area contributed by atoms with Gasteiger partial charge in [-0.15, -0.1) is 11.3 Å². The van der Waals surface area contributed by atoms with Gasteiger partial charge < -0.3 is 5.32 Å². The second kappa shape index (κ2) is 5.79. The summed E-state index contributed by atoms with van der Waals surface area (Å²) in [4.78, 5) is 20.5. The Balaban J connectivity index is 1.71. The minimum atomic E-state index is -0.0175. The van der Waals surface area contributed by atoms with Crippen LogP contribution in [-0.2, 0) is 11.2 Å². The number of para-hydroxylation sites is 1. The van der Waals surface area contributed by atoms with Gasteiger partial charge in [0.25, 0.3) is 0 Å². The van der Waals surface area contributed by atoms with Gasteiger partial charge in [0.05, 0.1) is 22.4 Å². The highest BCUT2D eigenvalue weighted by molar-refractivity contribution is 7.07. The summed E-state index contributed by atoms with van der Waals surface area (Å²) in [5.41, 5.74) is 4.31. The Kier molecular flexibility index (Phi) is 3.69. The van der Waals surface area contributed by atoms with Crippen molar-refractivity contribution in [1.82, 2.24) is 9.97 Å². The molecule has 0 fully saturated rings. The van der Waals surface area contributed by atoms with Gasteiger partial charge in [0.2, 0.25) is 5.91 Å². The second-order valence-corrected chi connectivity index (χ2v) is 5.13. The van der Waals surface area contributed by atoms with Gasteiger partial charge >= 0.3 is 0 Å². The summed E-state index contributed by atoms with van der Waals surface area (Å²) in [6, 6.07) is 9.63. The summed E-state index contributed by atoms with van der Waals surface area (Å²) in [6.45, 7) is 0. The van der Waals surface area contributed by atoms with Crippen molar-refractivity contribution in [3.63, 3.8) is 0 Å². The SMILES string of the molecule is O=C(CCc1cscn1)Nc1cccc2cccnc12. The van der Waals surface area contributed by atoms with E-state index in [1.807, 2.05) is 35.7 Å². The summed E-state index contributed by atoms with van der Waals surface area (Å²) < 4.78 is 0. The first-order chi connectivity index (χ1) is 9.83. The number of aryl methyl sites for hydroxylation is 1. The predicted molar refractivity (Wildman–Crippen MR) is 80.8 cm³/mol. The zero-order valence-corrected chi connectivity index (χ0v) is 11.6. The van der Waals surface area contributed by atoms with Crippen molar-refractivity contribution in [3.8, 4) is 0 Å². The van der Waals surface area contributed by atoms with Gasteiger partial charge in [0, 0.05) is 23.4 Å². The smallest absolute Gasteiger partial charge is 0.224 e. The van der Waals surface area contributed by atoms with Crippen molar-refractivity contribution in [2.24, 2.45) is 0 Å². The Bertz CT molecular complexity index is 720. The van der Waals surface area contributed by atoms with Crippen LogP contribution in [0.5, 0.6) is 0 Å². The fourth-order valence-corrected chi connectivity index (χ4v) is 2.61. The third-order valence-electron chi connectivity index (χ3n) is 3.00. The monoisotopic (exact) mass is 283 g/mol. The number of fused-ring (bicyclic) bond motifs is 1. The number of hydrogen-bond donors (Lipinski definition) is 1. The molecule has 0 aliphatic carbocycles. The largest absolute Gasteiger partial charge is 0.324 e. The molecule has 1 N–H and O–H groups in total. The van der Waals surface area contributed by atoms with Gasteiger partial charge in [-0.25, -0.2) is 4.98 Å². The summed E-state index contributed by atoms with van der Waals surface area (Å²) >= 11 is 1.54. The molecule has 0 aliphatic rings. The number of benzene rings is 1. The van der Waals surface area contributed by atoms with E-state index in [1.165, 1.54) is 0 Å². The first-order valence-corrected chi connectivity index (χ1v) is 7.28. The van der Waals surface area contributed by atoms with Gasteiger partial charge in [-0.3, -0.25) is 9.78 Å². The number of anilines is 1. The summed E-state index contributed by atoms with van der Waals surface area (Å²) in [7, 11) is 0. The molecule has 0 bridgehead atoms. The van der Waals surface area contributed by atoms with E-state index in [1.54, 1.807) is 23.0 Å². The molecule has 3 aromatic rings. The third kappa shape index (κ3) is 2.83. The molecular weight excluding hydrogens is 270 g/mol. The van der Waals surface area contributed by atoms with Crippen molar-refractivity contribution in [2.75, 3.05) is 5.32 Å². The van der Waals surface area contributed by atoms with Crippen molar-refractivity contribution >= 4 is 33.8 Å². The normalized spacial score (nSPS) is 10.6. The molecule has 0 spiro atoms. The van der Waals surface area contributed by atoms with Crippen LogP contribution in [0.2, 0.25) is 0 Å².